The normalized spacial score (nSPS) is 11.0. The molecule has 0 atom stereocenters. The molecule has 5 heteroatoms. The Morgan fingerprint density at radius 2 is 1.77 bits per heavy atom. The molecule has 1 amide bonds. The Kier molecular flexibility index (Phi) is 5.01. The van der Waals surface area contributed by atoms with Crippen molar-refractivity contribution in [2.24, 2.45) is 0 Å². The van der Waals surface area contributed by atoms with Crippen molar-refractivity contribution in [2.45, 2.75) is 34.2 Å². The lowest BCUT2D eigenvalue weighted by Crippen LogP contribution is -2.23. The zero-order valence-electron chi connectivity index (χ0n) is 15.3. The molecule has 0 fully saturated rings. The highest BCUT2D eigenvalue weighted by molar-refractivity contribution is 9.10. The fourth-order valence-electron chi connectivity index (χ4n) is 3.02. The number of hydrogen-bond donors (Lipinski definition) is 1. The van der Waals surface area contributed by atoms with Gasteiger partial charge in [-0.3, -0.25) is 9.59 Å². The minimum atomic E-state index is -0.131. The second kappa shape index (κ2) is 7.08. The maximum absolute atomic E-state index is 12.6. The number of hydrogen-bond acceptors (Lipinski definition) is 2. The zero-order chi connectivity index (χ0) is 19.0. The maximum atomic E-state index is 12.6. The first-order valence-corrected chi connectivity index (χ1v) is 9.23. The van der Waals surface area contributed by atoms with E-state index in [-0.39, 0.29) is 17.9 Å². The number of rotatable bonds is 3. The van der Waals surface area contributed by atoms with E-state index in [9.17, 15) is 9.59 Å². The predicted octanol–water partition coefficient (Wildman–Crippen LogP) is 4.64. The average Bonchev–Trinajstić information content (AvgIpc) is 2.60. The molecule has 26 heavy (non-hydrogen) atoms. The average molecular weight is 413 g/mol. The minimum Gasteiger partial charge on any atom is -0.334 e. The van der Waals surface area contributed by atoms with Crippen LogP contribution in [0.4, 0.5) is 5.69 Å². The molecular formula is C21H21BrN2O2. The number of carbonyl (C=O) groups excluding carboxylic acids is 1. The van der Waals surface area contributed by atoms with Crippen molar-refractivity contribution in [3.8, 4) is 0 Å². The standard InChI is InChI=1S/C21H21BrN2O2/c1-12-5-8-18-17(9-12)21(26)20(22)15(4)24(18)11-19(25)23-16-7-6-13(2)14(3)10-16/h5-10H,11H2,1-4H3,(H,23,25). The second-order valence-electron chi connectivity index (χ2n) is 6.68. The monoisotopic (exact) mass is 412 g/mol. The first kappa shape index (κ1) is 18.4. The Balaban J connectivity index is 1.99. The van der Waals surface area contributed by atoms with Gasteiger partial charge in [-0.05, 0) is 79.0 Å². The number of fused-ring (bicyclic) bond motifs is 1. The van der Waals surface area contributed by atoms with E-state index in [1.165, 1.54) is 5.56 Å². The lowest BCUT2D eigenvalue weighted by Gasteiger charge is -2.16. The second-order valence-corrected chi connectivity index (χ2v) is 7.48. The van der Waals surface area contributed by atoms with Gasteiger partial charge in [-0.2, -0.15) is 0 Å². The lowest BCUT2D eigenvalue weighted by atomic mass is 10.1. The van der Waals surface area contributed by atoms with Crippen LogP contribution in [-0.4, -0.2) is 10.5 Å². The van der Waals surface area contributed by atoms with Crippen molar-refractivity contribution in [3.05, 3.63) is 73.5 Å². The van der Waals surface area contributed by atoms with Gasteiger partial charge in [-0.15, -0.1) is 0 Å². The summed E-state index contributed by atoms with van der Waals surface area (Å²) in [5, 5.41) is 3.56. The van der Waals surface area contributed by atoms with Crippen LogP contribution in [0.2, 0.25) is 0 Å². The van der Waals surface area contributed by atoms with Gasteiger partial charge >= 0.3 is 0 Å². The molecule has 0 aliphatic carbocycles. The Morgan fingerprint density at radius 1 is 1.04 bits per heavy atom. The van der Waals surface area contributed by atoms with Crippen molar-refractivity contribution in [3.63, 3.8) is 0 Å². The van der Waals surface area contributed by atoms with Crippen molar-refractivity contribution in [1.82, 2.24) is 4.57 Å². The molecule has 134 valence electrons. The Hall–Kier alpha value is -2.40. The minimum absolute atomic E-state index is 0.0491. The third kappa shape index (κ3) is 3.44. The first-order chi connectivity index (χ1) is 12.3. The summed E-state index contributed by atoms with van der Waals surface area (Å²) in [4.78, 5) is 25.2. The van der Waals surface area contributed by atoms with Gasteiger partial charge in [0.05, 0.1) is 9.99 Å². The predicted molar refractivity (Wildman–Crippen MR) is 110 cm³/mol. The number of nitrogens with zero attached hydrogens (tertiary/aromatic N) is 1. The number of halogens is 1. The van der Waals surface area contributed by atoms with Crippen molar-refractivity contribution >= 4 is 38.4 Å². The molecule has 0 radical (unpaired) electrons. The van der Waals surface area contributed by atoms with Gasteiger partial charge < -0.3 is 9.88 Å². The van der Waals surface area contributed by atoms with E-state index in [0.29, 0.717) is 9.86 Å². The summed E-state index contributed by atoms with van der Waals surface area (Å²) in [5.74, 6) is -0.131. The van der Waals surface area contributed by atoms with Gasteiger partial charge in [0.25, 0.3) is 0 Å². The maximum Gasteiger partial charge on any atom is 0.244 e. The summed E-state index contributed by atoms with van der Waals surface area (Å²) in [6.45, 7) is 7.98. The van der Waals surface area contributed by atoms with Crippen LogP contribution >= 0.6 is 15.9 Å². The van der Waals surface area contributed by atoms with E-state index in [2.05, 4.69) is 21.2 Å². The summed E-state index contributed by atoms with van der Waals surface area (Å²) in [6.07, 6.45) is 0. The van der Waals surface area contributed by atoms with Crippen molar-refractivity contribution < 1.29 is 4.79 Å². The number of pyridine rings is 1. The van der Waals surface area contributed by atoms with Gasteiger partial charge in [0.1, 0.15) is 6.54 Å². The van der Waals surface area contributed by atoms with E-state index < -0.39 is 0 Å². The van der Waals surface area contributed by atoms with Gasteiger partial charge in [-0.25, -0.2) is 0 Å². The van der Waals surface area contributed by atoms with Crippen LogP contribution < -0.4 is 10.7 Å². The highest BCUT2D eigenvalue weighted by atomic mass is 79.9. The van der Waals surface area contributed by atoms with Gasteiger partial charge in [-0.1, -0.05) is 17.7 Å². The van der Waals surface area contributed by atoms with E-state index in [1.54, 1.807) is 0 Å². The number of carbonyl (C=O) groups is 1. The van der Waals surface area contributed by atoms with E-state index >= 15 is 0 Å². The van der Waals surface area contributed by atoms with Gasteiger partial charge in [0.15, 0.2) is 0 Å². The molecule has 3 aromatic rings. The fourth-order valence-corrected chi connectivity index (χ4v) is 3.44. The number of nitrogens with one attached hydrogen (secondary N) is 1. The highest BCUT2D eigenvalue weighted by Gasteiger charge is 2.15. The first-order valence-electron chi connectivity index (χ1n) is 8.44. The number of benzene rings is 2. The fraction of sp³-hybridized carbons (Fsp3) is 0.238. The topological polar surface area (TPSA) is 51.1 Å². The summed E-state index contributed by atoms with van der Waals surface area (Å²) in [6, 6.07) is 11.6. The zero-order valence-corrected chi connectivity index (χ0v) is 16.9. The molecular weight excluding hydrogens is 392 g/mol. The van der Waals surface area contributed by atoms with Gasteiger partial charge in [0.2, 0.25) is 11.3 Å². The summed E-state index contributed by atoms with van der Waals surface area (Å²) >= 11 is 3.38. The van der Waals surface area contributed by atoms with Crippen LogP contribution in [0.3, 0.4) is 0 Å². The summed E-state index contributed by atoms with van der Waals surface area (Å²) < 4.78 is 2.37. The Bertz CT molecular complexity index is 1080. The molecule has 1 N–H and O–H groups in total. The molecule has 0 spiro atoms. The molecule has 0 bridgehead atoms. The van der Waals surface area contributed by atoms with Crippen LogP contribution in [0.1, 0.15) is 22.4 Å². The van der Waals surface area contributed by atoms with Gasteiger partial charge in [0, 0.05) is 16.8 Å². The molecule has 0 aliphatic heterocycles. The molecule has 1 heterocycles. The Morgan fingerprint density at radius 3 is 2.46 bits per heavy atom. The third-order valence-corrected chi connectivity index (χ3v) is 5.64. The molecule has 1 aromatic heterocycles. The van der Waals surface area contributed by atoms with Crippen LogP contribution in [0.15, 0.2) is 45.7 Å². The summed E-state index contributed by atoms with van der Waals surface area (Å²) in [7, 11) is 0. The molecule has 0 saturated carbocycles. The summed E-state index contributed by atoms with van der Waals surface area (Å²) in [5.41, 5.74) is 5.55. The number of amides is 1. The van der Waals surface area contributed by atoms with E-state index in [0.717, 1.165) is 28.0 Å². The highest BCUT2D eigenvalue weighted by Crippen LogP contribution is 2.21. The molecule has 0 unspecified atom stereocenters. The van der Waals surface area contributed by atoms with Crippen LogP contribution in [0.5, 0.6) is 0 Å². The quantitative estimate of drug-likeness (QED) is 0.681. The number of aryl methyl sites for hydroxylation is 3. The molecule has 2 aromatic carbocycles. The number of anilines is 1. The third-order valence-electron chi connectivity index (χ3n) is 4.70. The van der Waals surface area contributed by atoms with Crippen LogP contribution in [-0.2, 0) is 11.3 Å². The van der Waals surface area contributed by atoms with E-state index in [1.807, 2.05) is 68.7 Å². The smallest absolute Gasteiger partial charge is 0.244 e. The van der Waals surface area contributed by atoms with E-state index in [4.69, 9.17) is 0 Å². The lowest BCUT2D eigenvalue weighted by molar-refractivity contribution is -0.116. The molecule has 0 aliphatic rings. The molecule has 0 saturated heterocycles. The van der Waals surface area contributed by atoms with Crippen LogP contribution in [0, 0.1) is 27.7 Å². The molecule has 3 rings (SSSR count). The van der Waals surface area contributed by atoms with Crippen molar-refractivity contribution in [1.29, 1.82) is 0 Å². The Labute approximate surface area is 161 Å². The largest absolute Gasteiger partial charge is 0.334 e. The van der Waals surface area contributed by atoms with Crippen molar-refractivity contribution in [2.75, 3.05) is 5.32 Å². The SMILES string of the molecule is Cc1ccc2c(c1)c(=O)c(Br)c(C)n2CC(=O)Nc1ccc(C)c(C)c1. The van der Waals surface area contributed by atoms with Crippen LogP contribution in [0.25, 0.3) is 10.9 Å². The molecule has 4 nitrogen and oxygen atoms in total. The number of aromatic nitrogens is 1.